The average Bonchev–Trinajstić information content (AvgIpc) is 2.37. The quantitative estimate of drug-likeness (QED) is 0.767. The maximum Gasteiger partial charge on any atom is 0.328 e. The molecular formula is C11H16ClN3O3. The van der Waals surface area contributed by atoms with Crippen LogP contribution in [-0.4, -0.2) is 30.0 Å². The Morgan fingerprint density at radius 3 is 2.78 bits per heavy atom. The highest BCUT2D eigenvalue weighted by atomic mass is 35.5. The van der Waals surface area contributed by atoms with E-state index in [4.69, 9.17) is 5.73 Å². The van der Waals surface area contributed by atoms with E-state index >= 15 is 0 Å². The zero-order chi connectivity index (χ0) is 12.8. The van der Waals surface area contributed by atoms with E-state index in [1.54, 1.807) is 19.1 Å². The average molecular weight is 274 g/mol. The van der Waals surface area contributed by atoms with Gasteiger partial charge in [0.25, 0.3) is 5.91 Å². The van der Waals surface area contributed by atoms with E-state index in [0.29, 0.717) is 11.3 Å². The number of amides is 1. The van der Waals surface area contributed by atoms with E-state index in [0.717, 1.165) is 0 Å². The predicted octanol–water partition coefficient (Wildman–Crippen LogP) is 0.253. The van der Waals surface area contributed by atoms with E-state index in [1.807, 2.05) is 0 Å². The Hall–Kier alpha value is -1.66. The molecular weight excluding hydrogens is 258 g/mol. The summed E-state index contributed by atoms with van der Waals surface area (Å²) >= 11 is 0. The number of carbonyl (C=O) groups is 2. The molecule has 1 amide bonds. The molecule has 0 aliphatic heterocycles. The highest BCUT2D eigenvalue weighted by Gasteiger charge is 2.16. The highest BCUT2D eigenvalue weighted by molar-refractivity contribution is 5.96. The summed E-state index contributed by atoms with van der Waals surface area (Å²) in [6.45, 7) is 1.81. The molecule has 0 saturated carbocycles. The van der Waals surface area contributed by atoms with E-state index in [2.05, 4.69) is 15.0 Å². The Kier molecular flexibility index (Phi) is 6.92. The summed E-state index contributed by atoms with van der Waals surface area (Å²) in [5.74, 6) is -0.855. The number of esters is 1. The fourth-order valence-electron chi connectivity index (χ4n) is 1.25. The van der Waals surface area contributed by atoms with Gasteiger partial charge in [-0.05, 0) is 19.1 Å². The van der Waals surface area contributed by atoms with Crippen LogP contribution in [0, 0.1) is 0 Å². The van der Waals surface area contributed by atoms with E-state index in [9.17, 15) is 9.59 Å². The zero-order valence-corrected chi connectivity index (χ0v) is 11.0. The minimum atomic E-state index is -0.693. The Morgan fingerprint density at radius 2 is 2.22 bits per heavy atom. The number of rotatable bonds is 4. The number of nitrogens with two attached hydrogens (primary N) is 1. The van der Waals surface area contributed by atoms with Gasteiger partial charge in [-0.25, -0.2) is 4.79 Å². The van der Waals surface area contributed by atoms with Crippen LogP contribution in [0.1, 0.15) is 23.0 Å². The SMILES string of the molecule is COC(=O)[C@H](C)NC(=O)c1ccnc(CN)c1.Cl. The Morgan fingerprint density at radius 1 is 1.56 bits per heavy atom. The molecule has 0 saturated heterocycles. The van der Waals surface area contributed by atoms with Crippen molar-refractivity contribution < 1.29 is 14.3 Å². The van der Waals surface area contributed by atoms with Crippen LogP contribution in [0.4, 0.5) is 0 Å². The second kappa shape index (κ2) is 7.62. The highest BCUT2D eigenvalue weighted by Crippen LogP contribution is 2.02. The lowest BCUT2D eigenvalue weighted by Gasteiger charge is -2.11. The fourth-order valence-corrected chi connectivity index (χ4v) is 1.25. The third-order valence-corrected chi connectivity index (χ3v) is 2.19. The molecule has 3 N–H and O–H groups in total. The van der Waals surface area contributed by atoms with Crippen LogP contribution in [0.2, 0.25) is 0 Å². The molecule has 0 aromatic carbocycles. The standard InChI is InChI=1S/C11H15N3O3.ClH/c1-7(11(16)17-2)14-10(15)8-3-4-13-9(5-8)6-12;/h3-5,7H,6,12H2,1-2H3,(H,14,15);1H/t7-;/m0./s1. The van der Waals surface area contributed by atoms with Gasteiger partial charge in [0.05, 0.1) is 12.8 Å². The molecule has 0 radical (unpaired) electrons. The van der Waals surface area contributed by atoms with Gasteiger partial charge in [-0.1, -0.05) is 0 Å². The number of nitrogens with zero attached hydrogens (tertiary/aromatic N) is 1. The van der Waals surface area contributed by atoms with Crippen LogP contribution in [0.5, 0.6) is 0 Å². The van der Waals surface area contributed by atoms with Crippen molar-refractivity contribution in [1.82, 2.24) is 10.3 Å². The third kappa shape index (κ3) is 4.31. The van der Waals surface area contributed by atoms with E-state index in [1.165, 1.54) is 13.3 Å². The van der Waals surface area contributed by atoms with Crippen molar-refractivity contribution in [2.75, 3.05) is 7.11 Å². The lowest BCUT2D eigenvalue weighted by atomic mass is 10.2. The van der Waals surface area contributed by atoms with Crippen LogP contribution >= 0.6 is 12.4 Å². The van der Waals surface area contributed by atoms with Crippen molar-refractivity contribution >= 4 is 24.3 Å². The first-order valence-electron chi connectivity index (χ1n) is 5.12. The van der Waals surface area contributed by atoms with Crippen molar-refractivity contribution in [1.29, 1.82) is 0 Å². The summed E-state index contributed by atoms with van der Waals surface area (Å²) < 4.78 is 4.51. The molecule has 6 nitrogen and oxygen atoms in total. The monoisotopic (exact) mass is 273 g/mol. The third-order valence-electron chi connectivity index (χ3n) is 2.19. The number of methoxy groups -OCH3 is 1. The molecule has 0 bridgehead atoms. The first kappa shape index (κ1) is 16.3. The molecule has 0 spiro atoms. The summed E-state index contributed by atoms with van der Waals surface area (Å²) in [5, 5.41) is 2.52. The molecule has 100 valence electrons. The van der Waals surface area contributed by atoms with Crippen LogP contribution in [0.3, 0.4) is 0 Å². The molecule has 1 aromatic heterocycles. The summed E-state index contributed by atoms with van der Waals surface area (Å²) in [6, 6.07) is 2.44. The summed E-state index contributed by atoms with van der Waals surface area (Å²) in [4.78, 5) is 26.9. The van der Waals surface area contributed by atoms with Gasteiger partial charge in [-0.2, -0.15) is 0 Å². The molecule has 0 unspecified atom stereocenters. The largest absolute Gasteiger partial charge is 0.467 e. The molecule has 0 fully saturated rings. The number of halogens is 1. The van der Waals surface area contributed by atoms with Crippen molar-refractivity contribution in [2.45, 2.75) is 19.5 Å². The smallest absolute Gasteiger partial charge is 0.328 e. The van der Waals surface area contributed by atoms with Gasteiger partial charge in [0.2, 0.25) is 0 Å². The van der Waals surface area contributed by atoms with Gasteiger partial charge in [0.15, 0.2) is 0 Å². The molecule has 1 aromatic rings. The van der Waals surface area contributed by atoms with Crippen LogP contribution in [-0.2, 0) is 16.1 Å². The molecule has 18 heavy (non-hydrogen) atoms. The van der Waals surface area contributed by atoms with E-state index in [-0.39, 0.29) is 24.9 Å². The van der Waals surface area contributed by atoms with Gasteiger partial charge < -0.3 is 15.8 Å². The molecule has 0 aliphatic rings. The molecule has 0 aliphatic carbocycles. The lowest BCUT2D eigenvalue weighted by Crippen LogP contribution is -2.39. The van der Waals surface area contributed by atoms with Gasteiger partial charge >= 0.3 is 5.97 Å². The first-order valence-corrected chi connectivity index (χ1v) is 5.12. The van der Waals surface area contributed by atoms with Gasteiger partial charge in [-0.3, -0.25) is 9.78 Å². The van der Waals surface area contributed by atoms with Gasteiger partial charge in [-0.15, -0.1) is 12.4 Å². The number of nitrogens with one attached hydrogen (secondary N) is 1. The van der Waals surface area contributed by atoms with E-state index < -0.39 is 12.0 Å². The summed E-state index contributed by atoms with van der Waals surface area (Å²) in [7, 11) is 1.27. The Labute approximate surface area is 111 Å². The second-order valence-electron chi connectivity index (χ2n) is 3.46. The van der Waals surface area contributed by atoms with Crippen molar-refractivity contribution in [3.63, 3.8) is 0 Å². The number of pyridine rings is 1. The zero-order valence-electron chi connectivity index (χ0n) is 10.2. The van der Waals surface area contributed by atoms with Crippen molar-refractivity contribution in [3.05, 3.63) is 29.6 Å². The Balaban J connectivity index is 0.00000289. The minimum absolute atomic E-state index is 0. The first-order chi connectivity index (χ1) is 8.08. The summed E-state index contributed by atoms with van der Waals surface area (Å²) in [6.07, 6.45) is 1.50. The topological polar surface area (TPSA) is 94.3 Å². The summed E-state index contributed by atoms with van der Waals surface area (Å²) in [5.41, 5.74) is 6.45. The number of aromatic nitrogens is 1. The van der Waals surface area contributed by atoms with Crippen molar-refractivity contribution in [3.8, 4) is 0 Å². The number of hydrogen-bond acceptors (Lipinski definition) is 5. The molecule has 1 heterocycles. The molecule has 1 atom stereocenters. The maximum atomic E-state index is 11.8. The van der Waals surface area contributed by atoms with Gasteiger partial charge in [0, 0.05) is 18.3 Å². The van der Waals surface area contributed by atoms with Crippen LogP contribution in [0.25, 0.3) is 0 Å². The van der Waals surface area contributed by atoms with Gasteiger partial charge in [0.1, 0.15) is 6.04 Å². The van der Waals surface area contributed by atoms with Crippen molar-refractivity contribution in [2.24, 2.45) is 5.73 Å². The number of ether oxygens (including phenoxy) is 1. The normalized spacial score (nSPS) is 11.1. The van der Waals surface area contributed by atoms with Crippen LogP contribution in [0.15, 0.2) is 18.3 Å². The Bertz CT molecular complexity index is 426. The maximum absolute atomic E-state index is 11.8. The lowest BCUT2D eigenvalue weighted by molar-refractivity contribution is -0.142. The number of carbonyl (C=O) groups excluding carboxylic acids is 2. The number of hydrogen-bond donors (Lipinski definition) is 2. The second-order valence-corrected chi connectivity index (χ2v) is 3.46. The fraction of sp³-hybridized carbons (Fsp3) is 0.364. The predicted molar refractivity (Wildman–Crippen MR) is 68.3 cm³/mol. The molecule has 1 rings (SSSR count). The van der Waals surface area contributed by atoms with Crippen LogP contribution < -0.4 is 11.1 Å². The molecule has 7 heteroatoms. The minimum Gasteiger partial charge on any atom is -0.467 e.